The maximum atomic E-state index is 13.4. The van der Waals surface area contributed by atoms with Crippen LogP contribution in [-0.2, 0) is 4.74 Å². The largest absolute Gasteiger partial charge is 0.493 e. The second kappa shape index (κ2) is 6.93. The molecule has 1 N–H and O–H groups in total. The number of nitrogens with zero attached hydrogens (tertiary/aromatic N) is 2. The molecule has 0 saturated carbocycles. The Morgan fingerprint density at radius 3 is 2.85 bits per heavy atom. The summed E-state index contributed by atoms with van der Waals surface area (Å²) in [4.78, 5) is 8.55. The van der Waals surface area contributed by atoms with Crippen LogP contribution in [0.3, 0.4) is 0 Å². The number of halogens is 2. The highest BCUT2D eigenvalue weighted by atomic mass is 35.5. The van der Waals surface area contributed by atoms with Crippen LogP contribution in [0.5, 0.6) is 11.5 Å². The number of fused-ring (bicyclic) bond motifs is 1. The van der Waals surface area contributed by atoms with Crippen molar-refractivity contribution in [2.75, 3.05) is 25.6 Å². The van der Waals surface area contributed by atoms with Gasteiger partial charge >= 0.3 is 0 Å². The predicted molar refractivity (Wildman–Crippen MR) is 96.0 cm³/mol. The third kappa shape index (κ3) is 3.49. The minimum atomic E-state index is -0.479. The van der Waals surface area contributed by atoms with Crippen LogP contribution in [0.4, 0.5) is 15.9 Å². The molecule has 0 spiro atoms. The quantitative estimate of drug-likeness (QED) is 0.658. The van der Waals surface area contributed by atoms with Gasteiger partial charge in [0, 0.05) is 17.1 Å². The number of anilines is 2. The molecule has 0 bridgehead atoms. The fraction of sp³-hybridized carbons (Fsp3) is 0.222. The number of hydrogen-bond acceptors (Lipinski definition) is 6. The van der Waals surface area contributed by atoms with E-state index in [1.165, 1.54) is 18.5 Å². The number of benzene rings is 2. The Morgan fingerprint density at radius 1 is 1.27 bits per heavy atom. The van der Waals surface area contributed by atoms with E-state index in [1.807, 2.05) is 6.07 Å². The van der Waals surface area contributed by atoms with E-state index < -0.39 is 5.82 Å². The summed E-state index contributed by atoms with van der Waals surface area (Å²) in [6.45, 7) is 1.16. The van der Waals surface area contributed by atoms with Gasteiger partial charge in [0.15, 0.2) is 11.5 Å². The van der Waals surface area contributed by atoms with Crippen molar-refractivity contribution in [2.45, 2.75) is 6.10 Å². The first kappa shape index (κ1) is 16.8. The number of hydrogen-bond donors (Lipinski definition) is 1. The normalized spacial score (nSPS) is 15.7. The molecule has 3 aromatic rings. The monoisotopic (exact) mass is 375 g/mol. The lowest BCUT2D eigenvalue weighted by molar-refractivity contribution is 0.252. The molecular formula is C18H15ClFN3O3. The van der Waals surface area contributed by atoms with Crippen LogP contribution >= 0.6 is 11.6 Å². The molecule has 0 aliphatic carbocycles. The average Bonchev–Trinajstić information content (AvgIpc) is 3.47. The van der Waals surface area contributed by atoms with Crippen molar-refractivity contribution in [1.29, 1.82) is 0 Å². The van der Waals surface area contributed by atoms with Gasteiger partial charge in [0.05, 0.1) is 24.3 Å². The lowest BCUT2D eigenvalue weighted by Crippen LogP contribution is -2.05. The van der Waals surface area contributed by atoms with Crippen molar-refractivity contribution in [3.05, 3.63) is 47.5 Å². The molecule has 8 heteroatoms. The Kier molecular flexibility index (Phi) is 4.48. The highest BCUT2D eigenvalue weighted by Crippen LogP contribution is 2.35. The van der Waals surface area contributed by atoms with Crippen LogP contribution in [0.25, 0.3) is 10.9 Å². The van der Waals surface area contributed by atoms with Gasteiger partial charge in [-0.25, -0.2) is 14.4 Å². The van der Waals surface area contributed by atoms with E-state index in [1.54, 1.807) is 19.2 Å². The van der Waals surface area contributed by atoms with Crippen LogP contribution in [0.1, 0.15) is 0 Å². The summed E-state index contributed by atoms with van der Waals surface area (Å²) >= 11 is 5.84. The first-order chi connectivity index (χ1) is 12.6. The van der Waals surface area contributed by atoms with Gasteiger partial charge in [-0.1, -0.05) is 11.6 Å². The summed E-state index contributed by atoms with van der Waals surface area (Å²) in [5, 5.41) is 3.90. The zero-order valence-electron chi connectivity index (χ0n) is 13.8. The van der Waals surface area contributed by atoms with E-state index in [9.17, 15) is 4.39 Å². The third-order valence-electron chi connectivity index (χ3n) is 3.93. The van der Waals surface area contributed by atoms with E-state index in [0.29, 0.717) is 41.7 Å². The summed E-state index contributed by atoms with van der Waals surface area (Å²) in [5.41, 5.74) is 1.30. The number of epoxide rings is 1. The van der Waals surface area contributed by atoms with Gasteiger partial charge in [0.25, 0.3) is 0 Å². The minimum absolute atomic E-state index is 0.0310. The molecule has 26 heavy (non-hydrogen) atoms. The molecule has 1 fully saturated rings. The summed E-state index contributed by atoms with van der Waals surface area (Å²) < 4.78 is 29.7. The Labute approximate surface area is 153 Å². The van der Waals surface area contributed by atoms with Gasteiger partial charge in [0.1, 0.15) is 30.7 Å². The number of nitrogens with one attached hydrogen (secondary N) is 1. The van der Waals surface area contributed by atoms with E-state index in [0.717, 1.165) is 5.39 Å². The van der Waals surface area contributed by atoms with Crippen molar-refractivity contribution >= 4 is 34.0 Å². The Balaban J connectivity index is 1.71. The van der Waals surface area contributed by atoms with E-state index in [4.69, 9.17) is 25.8 Å². The van der Waals surface area contributed by atoms with Gasteiger partial charge in [-0.2, -0.15) is 0 Å². The van der Waals surface area contributed by atoms with Gasteiger partial charge < -0.3 is 19.5 Å². The molecular weight excluding hydrogens is 361 g/mol. The highest BCUT2D eigenvalue weighted by Gasteiger charge is 2.24. The molecule has 2 heterocycles. The standard InChI is InChI=1S/C18H15ClFN3O3/c1-24-16-6-15-12(5-17(16)26-8-11-7-25-11)18(22-9-21-15)23-10-2-3-14(20)13(19)4-10/h2-6,9,11H,7-8H2,1H3,(H,21,22,23). The lowest BCUT2D eigenvalue weighted by Gasteiger charge is -2.13. The first-order valence-electron chi connectivity index (χ1n) is 7.93. The molecule has 2 aromatic carbocycles. The van der Waals surface area contributed by atoms with Crippen LogP contribution < -0.4 is 14.8 Å². The summed E-state index contributed by atoms with van der Waals surface area (Å²) in [6.07, 6.45) is 1.56. The van der Waals surface area contributed by atoms with Crippen LogP contribution in [0.15, 0.2) is 36.7 Å². The number of ether oxygens (including phenoxy) is 3. The molecule has 1 atom stereocenters. The smallest absolute Gasteiger partial charge is 0.162 e. The second-order valence-electron chi connectivity index (χ2n) is 5.76. The summed E-state index contributed by atoms with van der Waals surface area (Å²) in [6, 6.07) is 7.96. The Bertz CT molecular complexity index is 966. The van der Waals surface area contributed by atoms with E-state index in [2.05, 4.69) is 15.3 Å². The highest BCUT2D eigenvalue weighted by molar-refractivity contribution is 6.31. The van der Waals surface area contributed by atoms with E-state index in [-0.39, 0.29) is 11.1 Å². The predicted octanol–water partition coefficient (Wildman–Crippen LogP) is 3.95. The molecule has 4 rings (SSSR count). The second-order valence-corrected chi connectivity index (χ2v) is 6.17. The van der Waals surface area contributed by atoms with Crippen molar-refractivity contribution in [3.63, 3.8) is 0 Å². The zero-order chi connectivity index (χ0) is 18.1. The van der Waals surface area contributed by atoms with Crippen LogP contribution in [0.2, 0.25) is 5.02 Å². The minimum Gasteiger partial charge on any atom is -0.493 e. The van der Waals surface area contributed by atoms with Gasteiger partial charge in [-0.3, -0.25) is 0 Å². The van der Waals surface area contributed by atoms with Crippen molar-refractivity contribution < 1.29 is 18.6 Å². The van der Waals surface area contributed by atoms with Gasteiger partial charge in [-0.05, 0) is 24.3 Å². The molecule has 0 amide bonds. The van der Waals surface area contributed by atoms with Crippen molar-refractivity contribution in [3.8, 4) is 11.5 Å². The molecule has 1 unspecified atom stereocenters. The SMILES string of the molecule is COc1cc2ncnc(Nc3ccc(F)c(Cl)c3)c2cc1OCC1CO1. The van der Waals surface area contributed by atoms with Gasteiger partial charge in [0.2, 0.25) is 0 Å². The Hall–Kier alpha value is -2.64. The van der Waals surface area contributed by atoms with Crippen molar-refractivity contribution in [2.24, 2.45) is 0 Å². The number of rotatable bonds is 6. The average molecular weight is 376 g/mol. The molecule has 0 radical (unpaired) electrons. The summed E-state index contributed by atoms with van der Waals surface area (Å²) in [7, 11) is 1.57. The molecule has 1 saturated heterocycles. The zero-order valence-corrected chi connectivity index (χ0v) is 14.6. The topological polar surface area (TPSA) is 68.8 Å². The Morgan fingerprint density at radius 2 is 2.12 bits per heavy atom. The molecule has 1 aliphatic heterocycles. The molecule has 134 valence electrons. The van der Waals surface area contributed by atoms with Crippen LogP contribution in [0, 0.1) is 5.82 Å². The third-order valence-corrected chi connectivity index (χ3v) is 4.22. The van der Waals surface area contributed by atoms with Gasteiger partial charge in [-0.15, -0.1) is 0 Å². The molecule has 1 aromatic heterocycles. The van der Waals surface area contributed by atoms with Crippen molar-refractivity contribution in [1.82, 2.24) is 9.97 Å². The number of aromatic nitrogens is 2. The summed E-state index contributed by atoms with van der Waals surface area (Å²) in [5.74, 6) is 1.22. The lowest BCUT2D eigenvalue weighted by atomic mass is 10.2. The number of methoxy groups -OCH3 is 1. The first-order valence-corrected chi connectivity index (χ1v) is 8.31. The van der Waals surface area contributed by atoms with E-state index >= 15 is 0 Å². The maximum Gasteiger partial charge on any atom is 0.162 e. The van der Waals surface area contributed by atoms with Crippen LogP contribution in [-0.4, -0.2) is 36.4 Å². The fourth-order valence-electron chi connectivity index (χ4n) is 2.49. The fourth-order valence-corrected chi connectivity index (χ4v) is 2.67. The molecule has 1 aliphatic rings. The maximum absolute atomic E-state index is 13.4. The molecule has 6 nitrogen and oxygen atoms in total.